The molecule has 0 unspecified atom stereocenters. The molecule has 0 saturated heterocycles. The molecule has 0 amide bonds. The molecule has 0 aliphatic heterocycles. The molecule has 0 heterocycles. The van der Waals surface area contributed by atoms with Gasteiger partial charge in [-0.05, 0) is 47.9 Å². The summed E-state index contributed by atoms with van der Waals surface area (Å²) in [6, 6.07) is 5.50. The van der Waals surface area contributed by atoms with Gasteiger partial charge >= 0.3 is 5.97 Å². The van der Waals surface area contributed by atoms with Gasteiger partial charge in [-0.1, -0.05) is 48.7 Å². The second-order valence-corrected chi connectivity index (χ2v) is 11.3. The first-order valence-corrected chi connectivity index (χ1v) is 12.0. The van der Waals surface area contributed by atoms with E-state index in [1.54, 1.807) is 6.07 Å². The van der Waals surface area contributed by atoms with E-state index in [4.69, 9.17) is 28.3 Å². The van der Waals surface area contributed by atoms with E-state index in [0.717, 1.165) is 36.0 Å². The zero-order valence-corrected chi connectivity index (χ0v) is 18.4. The molecule has 0 aromatic heterocycles. The van der Waals surface area contributed by atoms with Gasteiger partial charge in [0.25, 0.3) is 7.72 Å². The number of carbonyl (C=O) groups is 2. The summed E-state index contributed by atoms with van der Waals surface area (Å²) >= 11 is 12.2. The molecule has 8 heteroatoms. The van der Waals surface area contributed by atoms with Crippen molar-refractivity contribution >= 4 is 48.2 Å². The lowest BCUT2D eigenvalue weighted by atomic mass is 9.70. The van der Waals surface area contributed by atoms with E-state index in [2.05, 4.69) is 13.8 Å². The normalized spacial score (nSPS) is 16.9. The van der Waals surface area contributed by atoms with Crippen LogP contribution in [0.5, 0.6) is 0 Å². The monoisotopic (exact) mass is 447 g/mol. The zero-order valence-electron chi connectivity index (χ0n) is 16.0. The van der Waals surface area contributed by atoms with Crippen molar-refractivity contribution in [2.75, 3.05) is 12.3 Å². The minimum Gasteiger partial charge on any atom is -0.481 e. The van der Waals surface area contributed by atoms with Crippen molar-refractivity contribution in [3.63, 3.8) is 0 Å². The Morgan fingerprint density at radius 1 is 1.18 bits per heavy atom. The summed E-state index contributed by atoms with van der Waals surface area (Å²) in [5.74, 6) is -1.92. The molecular weight excluding hydrogens is 422 g/mol. The molecule has 154 valence electrons. The Bertz CT molecular complexity index is 802. The molecule has 0 spiro atoms. The molecule has 0 radical (unpaired) electrons. The van der Waals surface area contributed by atoms with Crippen molar-refractivity contribution in [1.29, 1.82) is 0 Å². The SMILES string of the molecule is CC1(C)CCCC(c2ccc(Cl)c(Cl)c2)=C1CC[P+](O)(O)CC(=O)CC(=O)O. The fraction of sp³-hybridized carbons (Fsp3) is 0.500. The number of carboxylic acids is 1. The average molecular weight is 448 g/mol. The topological polar surface area (TPSA) is 94.8 Å². The van der Waals surface area contributed by atoms with Gasteiger partial charge in [-0.2, -0.15) is 0 Å². The van der Waals surface area contributed by atoms with Crippen molar-refractivity contribution in [3.8, 4) is 0 Å². The maximum Gasteiger partial charge on any atom is 0.311 e. The van der Waals surface area contributed by atoms with Gasteiger partial charge in [0.15, 0.2) is 11.9 Å². The Morgan fingerprint density at radius 3 is 2.46 bits per heavy atom. The Hall–Kier alpha value is -0.970. The maximum atomic E-state index is 11.7. The van der Waals surface area contributed by atoms with Gasteiger partial charge in [0.05, 0.1) is 10.0 Å². The van der Waals surface area contributed by atoms with Gasteiger partial charge in [-0.3, -0.25) is 9.59 Å². The van der Waals surface area contributed by atoms with Crippen molar-refractivity contribution in [3.05, 3.63) is 39.4 Å². The Balaban J connectivity index is 2.26. The van der Waals surface area contributed by atoms with E-state index >= 15 is 0 Å². The van der Waals surface area contributed by atoms with E-state index in [1.165, 1.54) is 0 Å². The van der Waals surface area contributed by atoms with Gasteiger partial charge < -0.3 is 5.11 Å². The summed E-state index contributed by atoms with van der Waals surface area (Å²) in [5.41, 5.74) is 3.10. The van der Waals surface area contributed by atoms with Crippen LogP contribution in [-0.4, -0.2) is 39.0 Å². The third kappa shape index (κ3) is 6.27. The molecule has 1 aliphatic carbocycles. The van der Waals surface area contributed by atoms with Crippen LogP contribution in [0.4, 0.5) is 0 Å². The number of carbonyl (C=O) groups excluding carboxylic acids is 1. The highest BCUT2D eigenvalue weighted by Gasteiger charge is 2.39. The first-order valence-electron chi connectivity index (χ1n) is 9.15. The summed E-state index contributed by atoms with van der Waals surface area (Å²) < 4.78 is 0. The van der Waals surface area contributed by atoms with Crippen LogP contribution in [0.15, 0.2) is 23.8 Å². The average Bonchev–Trinajstić information content (AvgIpc) is 2.54. The molecular formula is C20H26Cl2O5P+. The molecule has 1 aliphatic rings. The summed E-state index contributed by atoms with van der Waals surface area (Å²) in [6.45, 7) is 4.26. The molecule has 1 aromatic carbocycles. The highest BCUT2D eigenvalue weighted by molar-refractivity contribution is 7.65. The standard InChI is InChI=1S/C20H25Cl2O5P/c1-20(2)8-3-4-15(13-5-6-17(21)18(22)10-13)16(20)7-9-28(26,27)12-14(23)11-19(24)25/h5-6,10,26-27H,3-4,7-9,11-12H2,1-2H3/p+1. The molecule has 1 aromatic rings. The van der Waals surface area contributed by atoms with Gasteiger partial charge in [-0.25, -0.2) is 9.79 Å². The summed E-state index contributed by atoms with van der Waals surface area (Å²) in [5, 5.41) is 9.64. The number of aliphatic carboxylic acids is 1. The second kappa shape index (κ2) is 9.23. The lowest BCUT2D eigenvalue weighted by molar-refractivity contribution is -0.139. The van der Waals surface area contributed by atoms with Gasteiger partial charge in [0, 0.05) is 6.42 Å². The van der Waals surface area contributed by atoms with Crippen LogP contribution in [-0.2, 0) is 9.59 Å². The van der Waals surface area contributed by atoms with Crippen molar-refractivity contribution in [1.82, 2.24) is 0 Å². The smallest absolute Gasteiger partial charge is 0.311 e. The molecule has 0 atom stereocenters. The Kier molecular flexibility index (Phi) is 7.69. The van der Waals surface area contributed by atoms with E-state index < -0.39 is 32.1 Å². The lowest BCUT2D eigenvalue weighted by Gasteiger charge is -2.36. The van der Waals surface area contributed by atoms with E-state index in [0.29, 0.717) is 16.5 Å². The number of rotatable bonds is 8. The quantitative estimate of drug-likeness (QED) is 0.374. The van der Waals surface area contributed by atoms with Crippen molar-refractivity contribution < 1.29 is 24.5 Å². The molecule has 3 N–H and O–H groups in total. The van der Waals surface area contributed by atoms with Crippen LogP contribution in [0.1, 0.15) is 51.5 Å². The van der Waals surface area contributed by atoms with E-state index in [-0.39, 0.29) is 11.6 Å². The van der Waals surface area contributed by atoms with Crippen LogP contribution in [0.3, 0.4) is 0 Å². The predicted octanol–water partition coefficient (Wildman–Crippen LogP) is 5.22. The maximum absolute atomic E-state index is 11.7. The summed E-state index contributed by atoms with van der Waals surface area (Å²) in [7, 11) is -3.51. The van der Waals surface area contributed by atoms with Gasteiger partial charge in [0.1, 0.15) is 12.6 Å². The number of halogens is 2. The zero-order chi connectivity index (χ0) is 21.1. The van der Waals surface area contributed by atoms with E-state index in [9.17, 15) is 19.4 Å². The predicted molar refractivity (Wildman–Crippen MR) is 114 cm³/mol. The highest BCUT2D eigenvalue weighted by Crippen LogP contribution is 2.54. The fourth-order valence-electron chi connectivity index (χ4n) is 3.79. The third-order valence-corrected chi connectivity index (χ3v) is 7.71. The summed E-state index contributed by atoms with van der Waals surface area (Å²) in [6.07, 6.45) is 2.17. The summed E-state index contributed by atoms with van der Waals surface area (Å²) in [4.78, 5) is 43.0. The van der Waals surface area contributed by atoms with Crippen LogP contribution < -0.4 is 0 Å². The van der Waals surface area contributed by atoms with Crippen LogP contribution in [0.25, 0.3) is 5.57 Å². The third-order valence-electron chi connectivity index (χ3n) is 5.18. The Morgan fingerprint density at radius 2 is 1.86 bits per heavy atom. The van der Waals surface area contributed by atoms with Crippen molar-refractivity contribution in [2.24, 2.45) is 5.41 Å². The molecule has 28 heavy (non-hydrogen) atoms. The van der Waals surface area contributed by atoms with Crippen LogP contribution in [0, 0.1) is 5.41 Å². The number of ketones is 1. The number of carboxylic acid groups (broad SMARTS) is 1. The fourth-order valence-corrected chi connectivity index (χ4v) is 5.50. The van der Waals surface area contributed by atoms with Crippen LogP contribution >= 0.6 is 30.9 Å². The molecule has 5 nitrogen and oxygen atoms in total. The first-order chi connectivity index (χ1) is 12.9. The van der Waals surface area contributed by atoms with Crippen molar-refractivity contribution in [2.45, 2.75) is 46.0 Å². The largest absolute Gasteiger partial charge is 0.481 e. The minimum atomic E-state index is -3.51. The highest BCUT2D eigenvalue weighted by atomic mass is 35.5. The first kappa shape index (κ1) is 23.3. The second-order valence-electron chi connectivity index (χ2n) is 7.94. The number of hydrogen-bond acceptors (Lipinski definition) is 4. The van der Waals surface area contributed by atoms with Crippen LogP contribution in [0.2, 0.25) is 10.0 Å². The number of Topliss-reactive ketones (excluding diaryl/α,β-unsaturated/α-hetero) is 1. The molecule has 2 rings (SSSR count). The molecule has 0 bridgehead atoms. The number of benzene rings is 1. The van der Waals surface area contributed by atoms with Gasteiger partial charge in [-0.15, -0.1) is 0 Å². The van der Waals surface area contributed by atoms with E-state index in [1.807, 2.05) is 12.1 Å². The lowest BCUT2D eigenvalue weighted by Crippen LogP contribution is -2.23. The number of allylic oxidation sites excluding steroid dienone is 2. The Labute approximate surface area is 175 Å². The van der Waals surface area contributed by atoms with Gasteiger partial charge in [0.2, 0.25) is 0 Å². The minimum absolute atomic E-state index is 0.0575. The molecule has 0 fully saturated rings. The molecule has 0 saturated carbocycles. The number of hydrogen-bond donors (Lipinski definition) is 3.